The molecule has 0 radical (unpaired) electrons. The van der Waals surface area contributed by atoms with Crippen molar-refractivity contribution in [1.82, 2.24) is 4.90 Å². The molecule has 0 N–H and O–H groups in total. The Hall–Kier alpha value is 0.270. The minimum absolute atomic E-state index is 0.514. The quantitative estimate of drug-likeness (QED) is 0.671. The first kappa shape index (κ1) is 13.7. The number of rotatable bonds is 8. The predicted molar refractivity (Wildman–Crippen MR) is 75.8 cm³/mol. The summed E-state index contributed by atoms with van der Waals surface area (Å²) in [5, 5.41) is 0. The van der Waals surface area contributed by atoms with Crippen molar-refractivity contribution in [3.63, 3.8) is 0 Å². The molecule has 2 aliphatic carbocycles. The summed E-state index contributed by atoms with van der Waals surface area (Å²) in [6.45, 7) is 5.58. The molecule has 2 rings (SSSR count). The van der Waals surface area contributed by atoms with Crippen molar-refractivity contribution in [2.75, 3.05) is 32.6 Å². The Morgan fingerprint density at radius 2 is 2.12 bits per heavy atom. The largest absolute Gasteiger partial charge is 0.383 e. The highest BCUT2D eigenvalue weighted by Crippen LogP contribution is 2.44. The molecule has 0 aromatic rings. The number of thiol groups is 1. The number of hydrogen-bond donors (Lipinski definition) is 1. The fourth-order valence-corrected chi connectivity index (χ4v) is 3.40. The minimum atomic E-state index is 0.514. The second kappa shape index (κ2) is 5.94. The molecule has 1 atom stereocenters. The van der Waals surface area contributed by atoms with Gasteiger partial charge in [-0.2, -0.15) is 12.6 Å². The number of ether oxygens (including phenoxy) is 1. The molecule has 17 heavy (non-hydrogen) atoms. The molecule has 0 spiro atoms. The Kier molecular flexibility index (Phi) is 4.79. The SMILES string of the molecule is COCCN(CC1(CS)CCC1)C(C)C1CC1. The third-order valence-electron chi connectivity index (χ3n) is 4.75. The highest BCUT2D eigenvalue weighted by atomic mass is 32.1. The van der Waals surface area contributed by atoms with Crippen LogP contribution in [0.1, 0.15) is 39.0 Å². The van der Waals surface area contributed by atoms with E-state index in [1.54, 1.807) is 7.11 Å². The molecule has 0 aromatic carbocycles. The molecule has 0 bridgehead atoms. The molecule has 0 aromatic heterocycles. The van der Waals surface area contributed by atoms with Crippen LogP contribution in [-0.4, -0.2) is 43.5 Å². The summed E-state index contributed by atoms with van der Waals surface area (Å²) in [6, 6.07) is 0.738. The van der Waals surface area contributed by atoms with Gasteiger partial charge in [-0.3, -0.25) is 4.90 Å². The van der Waals surface area contributed by atoms with Crippen LogP contribution in [0.3, 0.4) is 0 Å². The van der Waals surface area contributed by atoms with E-state index in [-0.39, 0.29) is 0 Å². The fourth-order valence-electron chi connectivity index (χ4n) is 2.99. The Morgan fingerprint density at radius 3 is 2.53 bits per heavy atom. The zero-order valence-corrected chi connectivity index (χ0v) is 12.2. The smallest absolute Gasteiger partial charge is 0.0589 e. The molecule has 0 aliphatic heterocycles. The summed E-state index contributed by atoms with van der Waals surface area (Å²) in [5.41, 5.74) is 0.514. The van der Waals surface area contributed by atoms with Crippen LogP contribution in [0.25, 0.3) is 0 Å². The summed E-state index contributed by atoms with van der Waals surface area (Å²) in [5.74, 6) is 2.00. The molecular weight excluding hydrogens is 230 g/mol. The van der Waals surface area contributed by atoms with Crippen molar-refractivity contribution in [3.05, 3.63) is 0 Å². The summed E-state index contributed by atoms with van der Waals surface area (Å²) in [6.07, 6.45) is 7.00. The van der Waals surface area contributed by atoms with Gasteiger partial charge in [0.15, 0.2) is 0 Å². The minimum Gasteiger partial charge on any atom is -0.383 e. The lowest BCUT2D eigenvalue weighted by Crippen LogP contribution is -2.48. The maximum Gasteiger partial charge on any atom is 0.0589 e. The number of methoxy groups -OCH3 is 1. The highest BCUT2D eigenvalue weighted by molar-refractivity contribution is 7.80. The van der Waals surface area contributed by atoms with Gasteiger partial charge in [-0.15, -0.1) is 0 Å². The van der Waals surface area contributed by atoms with E-state index in [1.165, 1.54) is 38.6 Å². The average Bonchev–Trinajstić information content (AvgIpc) is 3.10. The first-order valence-corrected chi connectivity index (χ1v) is 7.68. The summed E-state index contributed by atoms with van der Waals surface area (Å²) >= 11 is 4.58. The zero-order chi connectivity index (χ0) is 12.3. The molecule has 2 saturated carbocycles. The van der Waals surface area contributed by atoms with E-state index in [2.05, 4.69) is 24.5 Å². The van der Waals surface area contributed by atoms with Crippen molar-refractivity contribution in [1.29, 1.82) is 0 Å². The lowest BCUT2D eigenvalue weighted by atomic mass is 9.69. The first-order chi connectivity index (χ1) is 8.21. The molecule has 0 saturated heterocycles. The van der Waals surface area contributed by atoms with E-state index in [9.17, 15) is 0 Å². The van der Waals surface area contributed by atoms with Gasteiger partial charge in [-0.05, 0) is 49.7 Å². The molecule has 2 nitrogen and oxygen atoms in total. The van der Waals surface area contributed by atoms with E-state index in [4.69, 9.17) is 4.74 Å². The zero-order valence-electron chi connectivity index (χ0n) is 11.3. The van der Waals surface area contributed by atoms with Crippen LogP contribution in [0.4, 0.5) is 0 Å². The van der Waals surface area contributed by atoms with Gasteiger partial charge >= 0.3 is 0 Å². The molecule has 1 unspecified atom stereocenters. The van der Waals surface area contributed by atoms with Crippen LogP contribution in [0.5, 0.6) is 0 Å². The van der Waals surface area contributed by atoms with Gasteiger partial charge in [-0.1, -0.05) is 6.42 Å². The van der Waals surface area contributed by atoms with Crippen LogP contribution < -0.4 is 0 Å². The van der Waals surface area contributed by atoms with Gasteiger partial charge in [0.2, 0.25) is 0 Å². The first-order valence-electron chi connectivity index (χ1n) is 7.05. The van der Waals surface area contributed by atoms with E-state index in [1.807, 2.05) is 0 Å². The van der Waals surface area contributed by atoms with Crippen LogP contribution in [-0.2, 0) is 4.74 Å². The van der Waals surface area contributed by atoms with Crippen molar-refractivity contribution in [2.24, 2.45) is 11.3 Å². The number of nitrogens with zero attached hydrogens (tertiary/aromatic N) is 1. The van der Waals surface area contributed by atoms with Gasteiger partial charge in [0.05, 0.1) is 6.61 Å². The van der Waals surface area contributed by atoms with E-state index < -0.39 is 0 Å². The number of hydrogen-bond acceptors (Lipinski definition) is 3. The second-order valence-electron chi connectivity index (χ2n) is 6.05. The Morgan fingerprint density at radius 1 is 1.41 bits per heavy atom. The lowest BCUT2D eigenvalue weighted by molar-refractivity contribution is 0.0433. The summed E-state index contributed by atoms with van der Waals surface area (Å²) in [7, 11) is 1.80. The predicted octanol–water partition coefficient (Wildman–Crippen LogP) is 2.83. The van der Waals surface area contributed by atoms with Crippen LogP contribution >= 0.6 is 12.6 Å². The van der Waals surface area contributed by atoms with Crippen molar-refractivity contribution >= 4 is 12.6 Å². The van der Waals surface area contributed by atoms with Crippen LogP contribution in [0.15, 0.2) is 0 Å². The molecule has 2 aliphatic rings. The monoisotopic (exact) mass is 257 g/mol. The maximum absolute atomic E-state index is 5.26. The highest BCUT2D eigenvalue weighted by Gasteiger charge is 2.40. The molecule has 3 heteroatoms. The Bertz CT molecular complexity index is 233. The summed E-state index contributed by atoms with van der Waals surface area (Å²) < 4.78 is 5.26. The van der Waals surface area contributed by atoms with Crippen LogP contribution in [0.2, 0.25) is 0 Å². The third kappa shape index (κ3) is 3.39. The van der Waals surface area contributed by atoms with Gasteiger partial charge in [0.1, 0.15) is 0 Å². The lowest BCUT2D eigenvalue weighted by Gasteiger charge is -2.46. The van der Waals surface area contributed by atoms with Crippen molar-refractivity contribution in [2.45, 2.75) is 45.1 Å². The Balaban J connectivity index is 1.89. The van der Waals surface area contributed by atoms with Gasteiger partial charge in [0, 0.05) is 26.2 Å². The molecule has 0 amide bonds. The average molecular weight is 257 g/mol. The Labute approximate surface area is 112 Å². The maximum atomic E-state index is 5.26. The van der Waals surface area contributed by atoms with Gasteiger partial charge in [-0.25, -0.2) is 0 Å². The van der Waals surface area contributed by atoms with Crippen LogP contribution in [0, 0.1) is 11.3 Å². The van der Waals surface area contributed by atoms with Crippen molar-refractivity contribution in [3.8, 4) is 0 Å². The van der Waals surface area contributed by atoms with E-state index >= 15 is 0 Å². The molecular formula is C14H27NOS. The molecule has 2 fully saturated rings. The topological polar surface area (TPSA) is 12.5 Å². The summed E-state index contributed by atoms with van der Waals surface area (Å²) in [4.78, 5) is 2.66. The molecule has 100 valence electrons. The third-order valence-corrected chi connectivity index (χ3v) is 5.42. The fraction of sp³-hybridized carbons (Fsp3) is 1.00. The second-order valence-corrected chi connectivity index (χ2v) is 6.37. The standard InChI is InChI=1S/C14H27NOS/c1-12(13-4-5-13)15(8-9-16-2)10-14(11-17)6-3-7-14/h12-13,17H,3-11H2,1-2H3. The van der Waals surface area contributed by atoms with Crippen molar-refractivity contribution < 1.29 is 4.74 Å². The van der Waals surface area contributed by atoms with E-state index in [0.29, 0.717) is 5.41 Å². The molecule has 0 heterocycles. The van der Waals surface area contributed by atoms with Gasteiger partial charge in [0.25, 0.3) is 0 Å². The normalized spacial score (nSPS) is 24.7. The van der Waals surface area contributed by atoms with E-state index in [0.717, 1.165) is 30.9 Å². The van der Waals surface area contributed by atoms with Gasteiger partial charge < -0.3 is 4.74 Å².